The van der Waals surface area contributed by atoms with E-state index in [0.29, 0.717) is 5.56 Å². The van der Waals surface area contributed by atoms with Crippen molar-refractivity contribution >= 4 is 12.0 Å². The lowest BCUT2D eigenvalue weighted by Crippen LogP contribution is -2.54. The van der Waals surface area contributed by atoms with E-state index >= 15 is 0 Å². The van der Waals surface area contributed by atoms with E-state index in [0.717, 1.165) is 12.1 Å². The molecule has 8 heteroatoms. The Morgan fingerprint density at radius 2 is 1.95 bits per heavy atom. The standard InChI is InChI=1S/C13H13F3N2O3/c14-13(15,16)9-3-1-8(2-4-9)7-18-6-5-10(11(19)20)17-12(18)21/h1-4,10H,5-7H2,(H,17,21)(H,19,20). The number of nitrogens with zero attached hydrogens (tertiary/aromatic N) is 1. The maximum atomic E-state index is 12.4. The number of alkyl halides is 3. The number of rotatable bonds is 3. The molecule has 0 aromatic heterocycles. The number of aliphatic carboxylic acids is 1. The lowest BCUT2D eigenvalue weighted by Gasteiger charge is -2.31. The van der Waals surface area contributed by atoms with Crippen molar-refractivity contribution in [1.29, 1.82) is 0 Å². The topological polar surface area (TPSA) is 69.6 Å². The molecule has 1 aromatic rings. The van der Waals surface area contributed by atoms with Crippen LogP contribution in [0.3, 0.4) is 0 Å². The van der Waals surface area contributed by atoms with Crippen molar-refractivity contribution < 1.29 is 27.9 Å². The Morgan fingerprint density at radius 3 is 2.43 bits per heavy atom. The van der Waals surface area contributed by atoms with E-state index in [4.69, 9.17) is 5.11 Å². The zero-order valence-corrected chi connectivity index (χ0v) is 10.9. The first-order chi connectivity index (χ1) is 9.77. The zero-order valence-electron chi connectivity index (χ0n) is 10.9. The second-order valence-electron chi connectivity index (χ2n) is 4.75. The summed E-state index contributed by atoms with van der Waals surface area (Å²) in [5, 5.41) is 11.1. The molecule has 5 nitrogen and oxygen atoms in total. The van der Waals surface area contributed by atoms with Gasteiger partial charge in [0.25, 0.3) is 0 Å². The van der Waals surface area contributed by atoms with E-state index in [1.165, 1.54) is 17.0 Å². The molecule has 1 heterocycles. The summed E-state index contributed by atoms with van der Waals surface area (Å²) in [6, 6.07) is 3.07. The van der Waals surface area contributed by atoms with Crippen LogP contribution in [0.2, 0.25) is 0 Å². The molecule has 114 valence electrons. The molecule has 1 aromatic carbocycles. The predicted octanol–water partition coefficient (Wildman–Crippen LogP) is 2.07. The van der Waals surface area contributed by atoms with Crippen molar-refractivity contribution in [3.05, 3.63) is 35.4 Å². The third-order valence-corrected chi connectivity index (χ3v) is 3.23. The minimum Gasteiger partial charge on any atom is -0.480 e. The lowest BCUT2D eigenvalue weighted by atomic mass is 10.1. The van der Waals surface area contributed by atoms with E-state index in [1.54, 1.807) is 0 Å². The molecule has 0 spiro atoms. The van der Waals surface area contributed by atoms with Crippen LogP contribution in [0, 0.1) is 0 Å². The van der Waals surface area contributed by atoms with Gasteiger partial charge in [0.15, 0.2) is 0 Å². The van der Waals surface area contributed by atoms with E-state index in [9.17, 15) is 22.8 Å². The molecule has 2 N–H and O–H groups in total. The number of amides is 2. The van der Waals surface area contributed by atoms with E-state index in [2.05, 4.69) is 5.32 Å². The summed E-state index contributed by atoms with van der Waals surface area (Å²) in [4.78, 5) is 23.8. The second kappa shape index (κ2) is 5.63. The Kier molecular flexibility index (Phi) is 4.06. The van der Waals surface area contributed by atoms with Gasteiger partial charge in [0.1, 0.15) is 6.04 Å². The van der Waals surface area contributed by atoms with Gasteiger partial charge in [0.2, 0.25) is 0 Å². The third-order valence-electron chi connectivity index (χ3n) is 3.23. The summed E-state index contributed by atoms with van der Waals surface area (Å²) in [5.41, 5.74) is -0.202. The monoisotopic (exact) mass is 302 g/mol. The van der Waals surface area contributed by atoms with Crippen LogP contribution in [0.25, 0.3) is 0 Å². The fraction of sp³-hybridized carbons (Fsp3) is 0.385. The number of carboxylic acid groups (broad SMARTS) is 1. The molecular formula is C13H13F3N2O3. The second-order valence-corrected chi connectivity index (χ2v) is 4.75. The predicted molar refractivity (Wildman–Crippen MR) is 66.4 cm³/mol. The van der Waals surface area contributed by atoms with Gasteiger partial charge in [-0.25, -0.2) is 9.59 Å². The number of nitrogens with one attached hydrogen (secondary N) is 1. The van der Waals surface area contributed by atoms with Gasteiger partial charge < -0.3 is 15.3 Å². The van der Waals surface area contributed by atoms with Crippen molar-refractivity contribution in [3.8, 4) is 0 Å². The van der Waals surface area contributed by atoms with Gasteiger partial charge in [-0.15, -0.1) is 0 Å². The normalized spacial score (nSPS) is 19.3. The molecule has 0 saturated carbocycles. The number of hydrogen-bond acceptors (Lipinski definition) is 2. The molecule has 1 aliphatic rings. The molecule has 2 amide bonds. The van der Waals surface area contributed by atoms with Gasteiger partial charge in [-0.05, 0) is 24.1 Å². The molecular weight excluding hydrogens is 289 g/mol. The summed E-state index contributed by atoms with van der Waals surface area (Å²) in [5.74, 6) is -1.10. The van der Waals surface area contributed by atoms with Gasteiger partial charge >= 0.3 is 18.2 Å². The van der Waals surface area contributed by atoms with Crippen molar-refractivity contribution in [2.75, 3.05) is 6.54 Å². The van der Waals surface area contributed by atoms with Crippen LogP contribution in [0.5, 0.6) is 0 Å². The van der Waals surface area contributed by atoms with Crippen molar-refractivity contribution in [2.45, 2.75) is 25.2 Å². The fourth-order valence-electron chi connectivity index (χ4n) is 2.05. The number of benzene rings is 1. The Bertz CT molecular complexity index is 543. The van der Waals surface area contributed by atoms with Gasteiger partial charge in [-0.1, -0.05) is 12.1 Å². The van der Waals surface area contributed by atoms with Crippen molar-refractivity contribution in [3.63, 3.8) is 0 Å². The van der Waals surface area contributed by atoms with Crippen LogP contribution in [0.15, 0.2) is 24.3 Å². The highest BCUT2D eigenvalue weighted by molar-refractivity contribution is 5.83. The quantitative estimate of drug-likeness (QED) is 0.898. The van der Waals surface area contributed by atoms with Crippen LogP contribution in [0.1, 0.15) is 17.5 Å². The number of carboxylic acids is 1. The maximum absolute atomic E-state index is 12.4. The largest absolute Gasteiger partial charge is 0.480 e. The summed E-state index contributed by atoms with van der Waals surface area (Å²) in [7, 11) is 0. The number of carbonyl (C=O) groups is 2. The first-order valence-corrected chi connectivity index (χ1v) is 6.22. The third kappa shape index (κ3) is 3.65. The number of hydrogen-bond donors (Lipinski definition) is 2. The van der Waals surface area contributed by atoms with Crippen LogP contribution < -0.4 is 5.32 Å². The van der Waals surface area contributed by atoms with Crippen molar-refractivity contribution in [2.24, 2.45) is 0 Å². The first kappa shape index (κ1) is 15.1. The van der Waals surface area contributed by atoms with Crippen LogP contribution in [0.4, 0.5) is 18.0 Å². The van der Waals surface area contributed by atoms with Crippen molar-refractivity contribution in [1.82, 2.24) is 10.2 Å². The zero-order chi connectivity index (χ0) is 15.6. The van der Waals surface area contributed by atoms with E-state index in [-0.39, 0.29) is 19.5 Å². The average Bonchev–Trinajstić information content (AvgIpc) is 2.40. The molecule has 1 atom stereocenters. The van der Waals surface area contributed by atoms with Gasteiger partial charge in [0.05, 0.1) is 5.56 Å². The SMILES string of the molecule is O=C(O)C1CCN(Cc2ccc(C(F)(F)F)cc2)C(=O)N1. The van der Waals surface area contributed by atoms with Crippen LogP contribution in [-0.2, 0) is 17.5 Å². The minimum absolute atomic E-state index is 0.135. The molecule has 1 saturated heterocycles. The maximum Gasteiger partial charge on any atom is 0.416 e. The Labute approximate surface area is 118 Å². The molecule has 21 heavy (non-hydrogen) atoms. The summed E-state index contributed by atoms with van der Waals surface area (Å²) < 4.78 is 37.3. The Morgan fingerprint density at radius 1 is 1.33 bits per heavy atom. The number of halogens is 3. The van der Waals surface area contributed by atoms with Gasteiger partial charge in [0, 0.05) is 13.1 Å². The molecule has 1 aliphatic heterocycles. The highest BCUT2D eigenvalue weighted by atomic mass is 19.4. The lowest BCUT2D eigenvalue weighted by molar-refractivity contribution is -0.140. The molecule has 0 aliphatic carbocycles. The van der Waals surface area contributed by atoms with E-state index in [1.807, 2.05) is 0 Å². The minimum atomic E-state index is -4.39. The van der Waals surface area contributed by atoms with Gasteiger partial charge in [-0.3, -0.25) is 0 Å². The van der Waals surface area contributed by atoms with E-state index < -0.39 is 29.8 Å². The first-order valence-electron chi connectivity index (χ1n) is 6.22. The highest BCUT2D eigenvalue weighted by Gasteiger charge is 2.31. The molecule has 0 radical (unpaired) electrons. The smallest absolute Gasteiger partial charge is 0.416 e. The van der Waals surface area contributed by atoms with Gasteiger partial charge in [-0.2, -0.15) is 13.2 Å². The Balaban J connectivity index is 1.99. The summed E-state index contributed by atoms with van der Waals surface area (Å²) in [6.45, 7) is 0.375. The average molecular weight is 302 g/mol. The number of urea groups is 1. The summed E-state index contributed by atoms with van der Waals surface area (Å²) >= 11 is 0. The van der Waals surface area contributed by atoms with Crippen LogP contribution >= 0.6 is 0 Å². The number of carbonyl (C=O) groups excluding carboxylic acids is 1. The molecule has 1 fully saturated rings. The molecule has 1 unspecified atom stereocenters. The molecule has 2 rings (SSSR count). The molecule has 0 bridgehead atoms. The van der Waals surface area contributed by atoms with Crippen LogP contribution in [-0.4, -0.2) is 34.6 Å². The highest BCUT2D eigenvalue weighted by Crippen LogP contribution is 2.29. The Hall–Kier alpha value is -2.25. The summed E-state index contributed by atoms with van der Waals surface area (Å²) in [6.07, 6.45) is -4.14. The fourth-order valence-corrected chi connectivity index (χ4v) is 2.05.